The van der Waals surface area contributed by atoms with Gasteiger partial charge in [-0.3, -0.25) is 13.8 Å². The molecule has 4 aromatic rings. The average Bonchev–Trinajstić information content (AvgIpc) is 3.31. The van der Waals surface area contributed by atoms with Crippen LogP contribution in [0.5, 0.6) is 0 Å². The smallest absolute Gasteiger partial charge is 0.330 e. The maximum absolute atomic E-state index is 12.9. The van der Waals surface area contributed by atoms with Gasteiger partial charge in [0.1, 0.15) is 11.8 Å². The van der Waals surface area contributed by atoms with Crippen LogP contribution in [-0.4, -0.2) is 47.1 Å². The van der Waals surface area contributed by atoms with Crippen LogP contribution in [0.25, 0.3) is 22.6 Å². The van der Waals surface area contributed by atoms with Gasteiger partial charge in [0, 0.05) is 44.6 Å². The normalized spacial score (nSPS) is 14.9. The maximum atomic E-state index is 12.9. The van der Waals surface area contributed by atoms with Crippen molar-refractivity contribution in [1.29, 1.82) is 0 Å². The van der Waals surface area contributed by atoms with Gasteiger partial charge >= 0.3 is 5.69 Å². The molecule has 0 bridgehead atoms. The molecule has 0 unspecified atom stereocenters. The molecule has 4 heterocycles. The summed E-state index contributed by atoms with van der Waals surface area (Å²) in [6.07, 6.45) is 4.98. The molecule has 1 aliphatic rings. The Morgan fingerprint density at radius 1 is 1.16 bits per heavy atom. The van der Waals surface area contributed by atoms with E-state index in [0.717, 1.165) is 35.2 Å². The van der Waals surface area contributed by atoms with Crippen LogP contribution in [0.2, 0.25) is 0 Å². The van der Waals surface area contributed by atoms with Crippen LogP contribution in [-0.2, 0) is 18.8 Å². The van der Waals surface area contributed by atoms with E-state index in [1.165, 1.54) is 0 Å². The van der Waals surface area contributed by atoms with Gasteiger partial charge in [0.2, 0.25) is 5.95 Å². The minimum Gasteiger partial charge on any atom is -0.381 e. The van der Waals surface area contributed by atoms with E-state index in [1.54, 1.807) is 33.4 Å². The standard InChI is InChI=1S/C21H24N8O2/c1-13-10-14(18-23-12-27(2)26-18)4-5-16(13)24-20-22-11-17-19(25-20)29(21(30)28(17)3)15-6-8-31-9-7-15/h4-5,10-12,15H,6-9H2,1-3H3,(H,22,24,25). The van der Waals surface area contributed by atoms with Crippen molar-refractivity contribution in [3.8, 4) is 11.4 Å². The lowest BCUT2D eigenvalue weighted by molar-refractivity contribution is 0.0695. The third-order valence-corrected chi connectivity index (χ3v) is 5.72. The second kappa shape index (κ2) is 7.62. The second-order valence-corrected chi connectivity index (χ2v) is 7.85. The SMILES string of the molecule is Cc1cc(-c2ncn(C)n2)ccc1Nc1ncc2c(n1)n(C1CCOCC1)c(=O)n2C. The van der Waals surface area contributed by atoms with Crippen molar-refractivity contribution in [2.45, 2.75) is 25.8 Å². The largest absolute Gasteiger partial charge is 0.381 e. The van der Waals surface area contributed by atoms with Crippen molar-refractivity contribution in [3.63, 3.8) is 0 Å². The number of hydrogen-bond acceptors (Lipinski definition) is 7. The Hall–Kier alpha value is -3.53. The van der Waals surface area contributed by atoms with Crippen molar-refractivity contribution in [2.24, 2.45) is 14.1 Å². The first-order valence-electron chi connectivity index (χ1n) is 10.3. The number of fused-ring (bicyclic) bond motifs is 1. The quantitative estimate of drug-likeness (QED) is 0.540. The molecule has 3 aromatic heterocycles. The highest BCUT2D eigenvalue weighted by atomic mass is 16.5. The molecule has 1 fully saturated rings. The molecule has 0 spiro atoms. The van der Waals surface area contributed by atoms with Crippen molar-refractivity contribution >= 4 is 22.8 Å². The summed E-state index contributed by atoms with van der Waals surface area (Å²) in [5, 5.41) is 7.64. The number of ether oxygens (including phenoxy) is 1. The number of imidazole rings is 1. The summed E-state index contributed by atoms with van der Waals surface area (Å²) in [7, 11) is 3.60. The molecule has 0 atom stereocenters. The Balaban J connectivity index is 1.49. The molecule has 31 heavy (non-hydrogen) atoms. The Kier molecular flexibility index (Phi) is 4.78. The topological polar surface area (TPSA) is 105 Å². The molecular formula is C21H24N8O2. The molecule has 160 valence electrons. The van der Waals surface area contributed by atoms with Crippen LogP contribution in [0.1, 0.15) is 24.4 Å². The van der Waals surface area contributed by atoms with E-state index >= 15 is 0 Å². The molecule has 1 N–H and O–H groups in total. The summed E-state index contributed by atoms with van der Waals surface area (Å²) >= 11 is 0. The molecule has 10 nitrogen and oxygen atoms in total. The summed E-state index contributed by atoms with van der Waals surface area (Å²) in [5.41, 5.74) is 4.13. The number of benzene rings is 1. The molecular weight excluding hydrogens is 396 g/mol. The Morgan fingerprint density at radius 2 is 1.97 bits per heavy atom. The Morgan fingerprint density at radius 3 is 2.68 bits per heavy atom. The number of hydrogen-bond donors (Lipinski definition) is 1. The zero-order chi connectivity index (χ0) is 21.5. The zero-order valence-corrected chi connectivity index (χ0v) is 17.7. The molecule has 0 radical (unpaired) electrons. The van der Waals surface area contributed by atoms with Gasteiger partial charge in [-0.05, 0) is 43.5 Å². The van der Waals surface area contributed by atoms with E-state index in [1.807, 2.05) is 32.2 Å². The third kappa shape index (κ3) is 3.48. The van der Waals surface area contributed by atoms with E-state index in [9.17, 15) is 4.79 Å². The molecule has 10 heteroatoms. The minimum absolute atomic E-state index is 0.0725. The number of rotatable bonds is 4. The fourth-order valence-corrected chi connectivity index (χ4v) is 4.00. The van der Waals surface area contributed by atoms with Gasteiger partial charge in [-0.25, -0.2) is 14.8 Å². The van der Waals surface area contributed by atoms with Crippen molar-refractivity contribution in [1.82, 2.24) is 33.9 Å². The highest BCUT2D eigenvalue weighted by Crippen LogP contribution is 2.26. The fourth-order valence-electron chi connectivity index (χ4n) is 4.00. The highest BCUT2D eigenvalue weighted by molar-refractivity contribution is 5.73. The Bertz CT molecular complexity index is 1310. The molecule has 1 aromatic carbocycles. The van der Waals surface area contributed by atoms with Crippen molar-refractivity contribution < 1.29 is 4.74 Å². The van der Waals surface area contributed by atoms with E-state index in [0.29, 0.717) is 30.6 Å². The molecule has 1 aliphatic heterocycles. The predicted octanol–water partition coefficient (Wildman–Crippen LogP) is 2.33. The highest BCUT2D eigenvalue weighted by Gasteiger charge is 2.23. The van der Waals surface area contributed by atoms with Crippen LogP contribution >= 0.6 is 0 Å². The fraction of sp³-hybridized carbons (Fsp3) is 0.381. The van der Waals surface area contributed by atoms with E-state index in [4.69, 9.17) is 9.72 Å². The minimum atomic E-state index is -0.0725. The van der Waals surface area contributed by atoms with Crippen molar-refractivity contribution in [3.05, 3.63) is 46.8 Å². The second-order valence-electron chi connectivity index (χ2n) is 7.85. The first kappa shape index (κ1) is 19.4. The first-order chi connectivity index (χ1) is 15.0. The number of aryl methyl sites for hydroxylation is 3. The number of anilines is 2. The summed E-state index contributed by atoms with van der Waals surface area (Å²) in [6.45, 7) is 3.31. The van der Waals surface area contributed by atoms with Gasteiger partial charge in [-0.1, -0.05) is 0 Å². The van der Waals surface area contributed by atoms with Crippen LogP contribution in [0.3, 0.4) is 0 Å². The first-order valence-corrected chi connectivity index (χ1v) is 10.3. The van der Waals surface area contributed by atoms with Gasteiger partial charge in [0.15, 0.2) is 11.5 Å². The molecule has 0 saturated carbocycles. The van der Waals surface area contributed by atoms with Gasteiger partial charge < -0.3 is 10.1 Å². The lowest BCUT2D eigenvalue weighted by Crippen LogP contribution is -2.30. The Labute approximate surface area is 178 Å². The monoisotopic (exact) mass is 420 g/mol. The number of aromatic nitrogens is 7. The molecule has 0 aliphatic carbocycles. The average molecular weight is 420 g/mol. The lowest BCUT2D eigenvalue weighted by atomic mass is 10.1. The number of nitrogens with one attached hydrogen (secondary N) is 1. The van der Waals surface area contributed by atoms with E-state index in [2.05, 4.69) is 20.4 Å². The number of nitrogens with zero attached hydrogens (tertiary/aromatic N) is 7. The molecule has 1 saturated heterocycles. The summed E-state index contributed by atoms with van der Waals surface area (Å²) in [5.74, 6) is 1.13. The summed E-state index contributed by atoms with van der Waals surface area (Å²) in [6, 6.07) is 6.03. The van der Waals surface area contributed by atoms with Gasteiger partial charge in [-0.15, -0.1) is 0 Å². The maximum Gasteiger partial charge on any atom is 0.330 e. The predicted molar refractivity (Wildman–Crippen MR) is 116 cm³/mol. The van der Waals surface area contributed by atoms with Gasteiger partial charge in [0.05, 0.1) is 6.20 Å². The molecule has 0 amide bonds. The van der Waals surface area contributed by atoms with Gasteiger partial charge in [-0.2, -0.15) is 10.1 Å². The van der Waals surface area contributed by atoms with Gasteiger partial charge in [0.25, 0.3) is 0 Å². The van der Waals surface area contributed by atoms with Crippen LogP contribution in [0, 0.1) is 6.92 Å². The van der Waals surface area contributed by atoms with E-state index in [-0.39, 0.29) is 11.7 Å². The van der Waals surface area contributed by atoms with Crippen LogP contribution in [0.4, 0.5) is 11.6 Å². The van der Waals surface area contributed by atoms with Crippen LogP contribution in [0.15, 0.2) is 35.5 Å². The zero-order valence-electron chi connectivity index (χ0n) is 17.7. The summed E-state index contributed by atoms with van der Waals surface area (Å²) in [4.78, 5) is 26.3. The van der Waals surface area contributed by atoms with E-state index < -0.39 is 0 Å². The van der Waals surface area contributed by atoms with Crippen LogP contribution < -0.4 is 11.0 Å². The van der Waals surface area contributed by atoms with Crippen molar-refractivity contribution in [2.75, 3.05) is 18.5 Å². The molecule has 5 rings (SSSR count). The third-order valence-electron chi connectivity index (χ3n) is 5.72. The summed E-state index contributed by atoms with van der Waals surface area (Å²) < 4.78 is 10.5. The lowest BCUT2D eigenvalue weighted by Gasteiger charge is -2.22.